The van der Waals surface area contributed by atoms with Crippen LogP contribution in [-0.4, -0.2) is 38.6 Å². The fourth-order valence-corrected chi connectivity index (χ4v) is 5.40. The Morgan fingerprint density at radius 3 is 2.58 bits per heavy atom. The zero-order chi connectivity index (χ0) is 23.9. The van der Waals surface area contributed by atoms with Crippen LogP contribution >= 0.6 is 11.8 Å². The summed E-state index contributed by atoms with van der Waals surface area (Å²) in [5.41, 5.74) is 5.13. The van der Waals surface area contributed by atoms with Crippen molar-refractivity contribution in [3.8, 4) is 11.4 Å². The molecule has 172 valence electrons. The second kappa shape index (κ2) is 9.02. The Labute approximate surface area is 198 Å². The molecule has 8 heteroatoms. The van der Waals surface area contributed by atoms with Gasteiger partial charge in [-0.25, -0.2) is 0 Å². The highest BCUT2D eigenvalue weighted by Gasteiger charge is 2.37. The Morgan fingerprint density at radius 2 is 1.91 bits per heavy atom. The van der Waals surface area contributed by atoms with E-state index in [4.69, 9.17) is 10.1 Å². The number of aromatic nitrogens is 1. The molecule has 4 rings (SSSR count). The molecule has 2 aliphatic heterocycles. The molecule has 0 unspecified atom stereocenters. The predicted molar refractivity (Wildman–Crippen MR) is 136 cm³/mol. The first-order valence-electron chi connectivity index (χ1n) is 11.1. The maximum atomic E-state index is 12.9. The number of hydrogen-bond acceptors (Lipinski definition) is 5. The molecule has 1 N–H and O–H groups in total. The lowest BCUT2D eigenvalue weighted by molar-refractivity contribution is -0.114. The third-order valence-electron chi connectivity index (χ3n) is 6.15. The minimum Gasteiger partial charge on any atom is -0.495 e. The van der Waals surface area contributed by atoms with Crippen molar-refractivity contribution in [1.29, 1.82) is 5.41 Å². The summed E-state index contributed by atoms with van der Waals surface area (Å²) in [5, 5.41) is 16.2. The smallest absolute Gasteiger partial charge is 0.283 e. The summed E-state index contributed by atoms with van der Waals surface area (Å²) < 4.78 is 7.70. The summed E-state index contributed by atoms with van der Waals surface area (Å²) in [5.74, 6) is 0.741. The number of fused-ring (bicyclic) bond motifs is 1. The number of methoxy groups -OCH3 is 1. The first-order valence-corrected chi connectivity index (χ1v) is 11.9. The van der Waals surface area contributed by atoms with E-state index in [-0.39, 0.29) is 11.4 Å². The fraction of sp³-hybridized carbons (Fsp3) is 0.360. The largest absolute Gasteiger partial charge is 0.495 e. The lowest BCUT2D eigenvalue weighted by Crippen LogP contribution is -2.35. The standard InChI is InChI=1S/C25H29N5O2S/c1-7-17(8-2)24-28-30-22(26)19(23(31)27-25(30)33-24)13-18-12-15(4)29(16(18)5)20-11-14(3)9-10-21(20)32-6/h9-13,17,26H,7-8H2,1-6H3. The van der Waals surface area contributed by atoms with Crippen LogP contribution in [0.3, 0.4) is 0 Å². The number of thioether (sulfide) groups is 1. The topological polar surface area (TPSA) is 83.0 Å². The lowest BCUT2D eigenvalue weighted by atomic mass is 10.1. The van der Waals surface area contributed by atoms with Crippen molar-refractivity contribution >= 4 is 39.8 Å². The van der Waals surface area contributed by atoms with Crippen molar-refractivity contribution in [1.82, 2.24) is 9.58 Å². The zero-order valence-corrected chi connectivity index (χ0v) is 20.7. The van der Waals surface area contributed by atoms with Gasteiger partial charge in [-0.05, 0) is 80.8 Å². The maximum absolute atomic E-state index is 12.9. The normalized spacial score (nSPS) is 17.1. The van der Waals surface area contributed by atoms with Gasteiger partial charge < -0.3 is 9.30 Å². The van der Waals surface area contributed by atoms with Crippen molar-refractivity contribution in [2.75, 3.05) is 7.11 Å². The zero-order valence-electron chi connectivity index (χ0n) is 19.9. The Morgan fingerprint density at radius 1 is 1.18 bits per heavy atom. The summed E-state index contributed by atoms with van der Waals surface area (Å²) >= 11 is 1.40. The van der Waals surface area contributed by atoms with Crippen molar-refractivity contribution in [3.63, 3.8) is 0 Å². The summed E-state index contributed by atoms with van der Waals surface area (Å²) in [7, 11) is 1.66. The van der Waals surface area contributed by atoms with Crippen molar-refractivity contribution in [2.45, 2.75) is 47.5 Å². The predicted octanol–water partition coefficient (Wildman–Crippen LogP) is 5.47. The second-order valence-corrected chi connectivity index (χ2v) is 9.30. The number of amides is 1. The van der Waals surface area contributed by atoms with Crippen LogP contribution in [0.15, 0.2) is 39.9 Å². The third kappa shape index (κ3) is 4.04. The highest BCUT2D eigenvalue weighted by Crippen LogP contribution is 2.34. The summed E-state index contributed by atoms with van der Waals surface area (Å²) in [6, 6.07) is 8.07. The number of hydrazone groups is 1. The second-order valence-electron chi connectivity index (χ2n) is 8.31. The number of aryl methyl sites for hydroxylation is 2. The van der Waals surface area contributed by atoms with Gasteiger partial charge in [0, 0.05) is 17.3 Å². The number of nitrogens with zero attached hydrogens (tertiary/aromatic N) is 4. The van der Waals surface area contributed by atoms with Crippen molar-refractivity contribution in [3.05, 3.63) is 52.4 Å². The fourth-order valence-electron chi connectivity index (χ4n) is 4.24. The summed E-state index contributed by atoms with van der Waals surface area (Å²) in [4.78, 5) is 17.1. The third-order valence-corrected chi connectivity index (χ3v) is 7.22. The highest BCUT2D eigenvalue weighted by molar-refractivity contribution is 8.27. The molecule has 2 aromatic rings. The molecule has 0 saturated carbocycles. The summed E-state index contributed by atoms with van der Waals surface area (Å²) in [6.45, 7) is 10.3. The number of rotatable bonds is 6. The van der Waals surface area contributed by atoms with Gasteiger partial charge in [0.25, 0.3) is 5.91 Å². The molecule has 0 saturated heterocycles. The molecule has 2 aliphatic rings. The molecular weight excluding hydrogens is 434 g/mol. The Bertz CT molecular complexity index is 1230. The Balaban J connectivity index is 1.74. The van der Waals surface area contributed by atoms with Gasteiger partial charge in [-0.3, -0.25) is 10.2 Å². The van der Waals surface area contributed by atoms with E-state index in [1.807, 2.05) is 39.0 Å². The number of nitrogens with one attached hydrogen (secondary N) is 1. The van der Waals surface area contributed by atoms with Gasteiger partial charge in [0.15, 0.2) is 5.84 Å². The molecule has 3 heterocycles. The van der Waals surface area contributed by atoms with E-state index in [0.717, 1.165) is 51.8 Å². The van der Waals surface area contributed by atoms with Crippen LogP contribution in [-0.2, 0) is 4.79 Å². The van der Waals surface area contributed by atoms with Crippen LogP contribution in [0.25, 0.3) is 11.8 Å². The molecule has 33 heavy (non-hydrogen) atoms. The van der Waals surface area contributed by atoms with Crippen LogP contribution < -0.4 is 4.74 Å². The number of carbonyl (C=O) groups is 1. The Kier molecular flexibility index (Phi) is 6.30. The maximum Gasteiger partial charge on any atom is 0.283 e. The van der Waals surface area contributed by atoms with Crippen LogP contribution in [0.5, 0.6) is 5.75 Å². The molecule has 0 bridgehead atoms. The minimum absolute atomic E-state index is 0.0661. The van der Waals surface area contributed by atoms with Crippen molar-refractivity contribution in [2.24, 2.45) is 16.0 Å². The molecule has 1 amide bonds. The van der Waals surface area contributed by atoms with E-state index in [9.17, 15) is 4.79 Å². The molecule has 7 nitrogen and oxygen atoms in total. The van der Waals surface area contributed by atoms with Gasteiger partial charge in [0.1, 0.15) is 10.8 Å². The molecular formula is C25H29N5O2S. The van der Waals surface area contributed by atoms with Crippen LogP contribution in [0.2, 0.25) is 0 Å². The van der Waals surface area contributed by atoms with Gasteiger partial charge in [-0.15, -0.1) is 0 Å². The lowest BCUT2D eigenvalue weighted by Gasteiger charge is -2.20. The van der Waals surface area contributed by atoms with E-state index in [1.165, 1.54) is 16.8 Å². The van der Waals surface area contributed by atoms with Crippen molar-refractivity contribution < 1.29 is 9.53 Å². The Hall–Kier alpha value is -3.13. The molecule has 0 fully saturated rings. The average molecular weight is 464 g/mol. The average Bonchev–Trinajstić information content (AvgIpc) is 3.32. The quantitative estimate of drug-likeness (QED) is 0.576. The van der Waals surface area contributed by atoms with Gasteiger partial charge in [-0.2, -0.15) is 15.1 Å². The number of amidine groups is 2. The molecule has 0 radical (unpaired) electrons. The van der Waals surface area contributed by atoms with Gasteiger partial charge in [-0.1, -0.05) is 19.9 Å². The van der Waals surface area contributed by atoms with Crippen LogP contribution in [0.1, 0.15) is 49.2 Å². The molecule has 1 aromatic carbocycles. The van der Waals surface area contributed by atoms with E-state index >= 15 is 0 Å². The molecule has 0 spiro atoms. The van der Waals surface area contributed by atoms with Gasteiger partial charge in [0.2, 0.25) is 5.17 Å². The van der Waals surface area contributed by atoms with Crippen LogP contribution in [0, 0.1) is 32.1 Å². The summed E-state index contributed by atoms with van der Waals surface area (Å²) in [6.07, 6.45) is 3.67. The van der Waals surface area contributed by atoms with Gasteiger partial charge >= 0.3 is 0 Å². The van der Waals surface area contributed by atoms with E-state index in [1.54, 1.807) is 13.2 Å². The number of hydrogen-bond donors (Lipinski definition) is 1. The van der Waals surface area contributed by atoms with Crippen LogP contribution in [0.4, 0.5) is 0 Å². The van der Waals surface area contributed by atoms with E-state index in [2.05, 4.69) is 34.6 Å². The molecule has 1 aromatic heterocycles. The first kappa shape index (κ1) is 23.0. The molecule has 0 atom stereocenters. The minimum atomic E-state index is -0.405. The monoisotopic (exact) mass is 463 g/mol. The van der Waals surface area contributed by atoms with E-state index < -0.39 is 5.91 Å². The number of aliphatic imine (C=N–C) groups is 1. The highest BCUT2D eigenvalue weighted by atomic mass is 32.2. The number of benzene rings is 1. The first-order chi connectivity index (χ1) is 15.8. The van der Waals surface area contributed by atoms with E-state index in [0.29, 0.717) is 11.1 Å². The SMILES string of the molecule is CCC(CC)C1=NN2C(=N)C(=Cc3cc(C)n(-c4cc(C)ccc4OC)c3C)C(=O)N=C2S1. The number of ether oxygens (including phenoxy) is 1. The van der Waals surface area contributed by atoms with Gasteiger partial charge in [0.05, 0.1) is 18.4 Å². The molecule has 0 aliphatic carbocycles. The number of carbonyl (C=O) groups excluding carboxylic acids is 1.